The van der Waals surface area contributed by atoms with Gasteiger partial charge in [-0.2, -0.15) is 0 Å². The zero-order valence-electron chi connectivity index (χ0n) is 11.2. The van der Waals surface area contributed by atoms with Gasteiger partial charge in [0.05, 0.1) is 0 Å². The van der Waals surface area contributed by atoms with Gasteiger partial charge in [0.25, 0.3) is 0 Å². The number of rotatable bonds is 5. The van der Waals surface area contributed by atoms with Crippen LogP contribution < -0.4 is 10.6 Å². The number of nitrogens with two attached hydrogens (primary N) is 1. The number of phenols is 1. The molecule has 2 aromatic carbocycles. The maximum atomic E-state index is 9.46. The monoisotopic (exact) mass is 256 g/mol. The normalized spacial score (nSPS) is 10.4. The van der Waals surface area contributed by atoms with Gasteiger partial charge in [-0.05, 0) is 48.4 Å². The van der Waals surface area contributed by atoms with E-state index in [4.69, 9.17) is 5.73 Å². The van der Waals surface area contributed by atoms with Crippen LogP contribution in [0.4, 0.5) is 5.69 Å². The van der Waals surface area contributed by atoms with Gasteiger partial charge in [0, 0.05) is 19.3 Å². The Bertz CT molecular complexity index is 523. The minimum absolute atomic E-state index is 0.309. The number of benzene rings is 2. The molecule has 0 saturated heterocycles. The van der Waals surface area contributed by atoms with Crippen LogP contribution in [0, 0.1) is 0 Å². The van der Waals surface area contributed by atoms with Crippen LogP contribution >= 0.6 is 0 Å². The Hall–Kier alpha value is -2.00. The SMILES string of the molecule is CN(Cc1cccc(O)c1)c1ccc(CCN)cc1. The molecule has 2 aromatic rings. The van der Waals surface area contributed by atoms with Crippen LogP contribution in [-0.4, -0.2) is 18.7 Å². The summed E-state index contributed by atoms with van der Waals surface area (Å²) < 4.78 is 0. The minimum atomic E-state index is 0.309. The lowest BCUT2D eigenvalue weighted by molar-refractivity contribution is 0.474. The molecule has 0 atom stereocenters. The summed E-state index contributed by atoms with van der Waals surface area (Å²) in [6.45, 7) is 1.45. The fourth-order valence-corrected chi connectivity index (χ4v) is 2.10. The molecule has 0 amide bonds. The Morgan fingerprint density at radius 3 is 2.42 bits per heavy atom. The Balaban J connectivity index is 2.05. The van der Waals surface area contributed by atoms with Crippen LogP contribution in [0.5, 0.6) is 5.75 Å². The van der Waals surface area contributed by atoms with Crippen molar-refractivity contribution in [3.8, 4) is 5.75 Å². The molecule has 0 aromatic heterocycles. The zero-order valence-corrected chi connectivity index (χ0v) is 11.2. The fourth-order valence-electron chi connectivity index (χ4n) is 2.10. The number of hydrogen-bond acceptors (Lipinski definition) is 3. The highest BCUT2D eigenvalue weighted by atomic mass is 16.3. The van der Waals surface area contributed by atoms with Crippen molar-refractivity contribution in [3.63, 3.8) is 0 Å². The van der Waals surface area contributed by atoms with Crippen molar-refractivity contribution >= 4 is 5.69 Å². The molecular formula is C16H20N2O. The second kappa shape index (κ2) is 6.25. The average Bonchev–Trinajstić information content (AvgIpc) is 2.40. The standard InChI is InChI=1S/C16H20N2O/c1-18(12-14-3-2-4-16(19)11-14)15-7-5-13(6-8-15)9-10-17/h2-8,11,19H,9-10,12,17H2,1H3. The van der Waals surface area contributed by atoms with Gasteiger partial charge < -0.3 is 15.7 Å². The van der Waals surface area contributed by atoms with E-state index in [0.29, 0.717) is 12.3 Å². The van der Waals surface area contributed by atoms with Crippen molar-refractivity contribution in [2.75, 3.05) is 18.5 Å². The first kappa shape index (κ1) is 13.4. The molecule has 3 nitrogen and oxygen atoms in total. The smallest absolute Gasteiger partial charge is 0.115 e. The summed E-state index contributed by atoms with van der Waals surface area (Å²) >= 11 is 0. The maximum absolute atomic E-state index is 9.46. The molecule has 100 valence electrons. The first-order chi connectivity index (χ1) is 9.19. The quantitative estimate of drug-likeness (QED) is 0.864. The van der Waals surface area contributed by atoms with E-state index in [1.54, 1.807) is 12.1 Å². The third kappa shape index (κ3) is 3.73. The molecule has 0 unspecified atom stereocenters. The predicted molar refractivity (Wildman–Crippen MR) is 79.4 cm³/mol. The third-order valence-electron chi connectivity index (χ3n) is 3.14. The number of hydrogen-bond donors (Lipinski definition) is 2. The number of anilines is 1. The molecule has 0 bridgehead atoms. The fraction of sp³-hybridized carbons (Fsp3) is 0.250. The molecule has 2 rings (SSSR count). The van der Waals surface area contributed by atoms with Crippen LogP contribution in [0.2, 0.25) is 0 Å². The molecule has 0 saturated carbocycles. The number of phenolic OH excluding ortho intramolecular Hbond substituents is 1. The summed E-state index contributed by atoms with van der Waals surface area (Å²) in [6.07, 6.45) is 0.913. The summed E-state index contributed by atoms with van der Waals surface area (Å²) in [5.74, 6) is 0.309. The van der Waals surface area contributed by atoms with Gasteiger partial charge in [-0.1, -0.05) is 24.3 Å². The largest absolute Gasteiger partial charge is 0.508 e. The molecule has 19 heavy (non-hydrogen) atoms. The zero-order chi connectivity index (χ0) is 13.7. The van der Waals surface area contributed by atoms with Gasteiger partial charge in [0.1, 0.15) is 5.75 Å². The first-order valence-corrected chi connectivity index (χ1v) is 6.47. The van der Waals surface area contributed by atoms with Crippen LogP contribution in [0.25, 0.3) is 0 Å². The van der Waals surface area contributed by atoms with Crippen LogP contribution in [0.1, 0.15) is 11.1 Å². The second-order valence-corrected chi connectivity index (χ2v) is 4.73. The van der Waals surface area contributed by atoms with Crippen LogP contribution in [-0.2, 0) is 13.0 Å². The van der Waals surface area contributed by atoms with E-state index in [2.05, 4.69) is 29.2 Å². The van der Waals surface area contributed by atoms with Gasteiger partial charge in [-0.25, -0.2) is 0 Å². The van der Waals surface area contributed by atoms with Crippen LogP contribution in [0.3, 0.4) is 0 Å². The van der Waals surface area contributed by atoms with E-state index in [-0.39, 0.29) is 0 Å². The van der Waals surface area contributed by atoms with Crippen molar-refractivity contribution in [2.45, 2.75) is 13.0 Å². The highest BCUT2D eigenvalue weighted by molar-refractivity contribution is 5.47. The summed E-state index contributed by atoms with van der Waals surface area (Å²) in [4.78, 5) is 2.15. The van der Waals surface area contributed by atoms with Gasteiger partial charge in [-0.3, -0.25) is 0 Å². The molecule has 0 heterocycles. The van der Waals surface area contributed by atoms with E-state index in [9.17, 15) is 5.11 Å². The molecule has 0 spiro atoms. The summed E-state index contributed by atoms with van der Waals surface area (Å²) in [6, 6.07) is 15.8. The lowest BCUT2D eigenvalue weighted by Gasteiger charge is -2.20. The molecule has 0 aliphatic heterocycles. The lowest BCUT2D eigenvalue weighted by Crippen LogP contribution is -2.16. The van der Waals surface area contributed by atoms with E-state index >= 15 is 0 Å². The van der Waals surface area contributed by atoms with Crippen molar-refractivity contribution in [2.24, 2.45) is 5.73 Å². The minimum Gasteiger partial charge on any atom is -0.508 e. The van der Waals surface area contributed by atoms with Crippen molar-refractivity contribution < 1.29 is 5.11 Å². The summed E-state index contributed by atoms with van der Waals surface area (Å²) in [5.41, 5.74) is 9.05. The topological polar surface area (TPSA) is 49.5 Å². The van der Waals surface area contributed by atoms with Crippen molar-refractivity contribution in [1.82, 2.24) is 0 Å². The summed E-state index contributed by atoms with van der Waals surface area (Å²) in [5, 5.41) is 9.46. The van der Waals surface area contributed by atoms with Gasteiger partial charge in [0.15, 0.2) is 0 Å². The molecular weight excluding hydrogens is 236 g/mol. The molecule has 3 heteroatoms. The van der Waals surface area contributed by atoms with Gasteiger partial charge in [-0.15, -0.1) is 0 Å². The van der Waals surface area contributed by atoms with Gasteiger partial charge in [0.2, 0.25) is 0 Å². The second-order valence-electron chi connectivity index (χ2n) is 4.73. The number of aromatic hydroxyl groups is 1. The average molecular weight is 256 g/mol. The van der Waals surface area contributed by atoms with Crippen molar-refractivity contribution in [3.05, 3.63) is 59.7 Å². The number of nitrogens with zero attached hydrogens (tertiary/aromatic N) is 1. The van der Waals surface area contributed by atoms with E-state index in [1.807, 2.05) is 19.2 Å². The molecule has 0 aliphatic rings. The van der Waals surface area contributed by atoms with E-state index in [1.165, 1.54) is 5.56 Å². The van der Waals surface area contributed by atoms with Gasteiger partial charge >= 0.3 is 0 Å². The first-order valence-electron chi connectivity index (χ1n) is 6.47. The molecule has 0 aliphatic carbocycles. The highest BCUT2D eigenvalue weighted by Crippen LogP contribution is 2.18. The lowest BCUT2D eigenvalue weighted by atomic mass is 10.1. The maximum Gasteiger partial charge on any atom is 0.115 e. The Morgan fingerprint density at radius 1 is 1.05 bits per heavy atom. The van der Waals surface area contributed by atoms with Crippen molar-refractivity contribution in [1.29, 1.82) is 0 Å². The molecule has 0 fully saturated rings. The third-order valence-corrected chi connectivity index (χ3v) is 3.14. The van der Waals surface area contributed by atoms with E-state index < -0.39 is 0 Å². The Morgan fingerprint density at radius 2 is 1.79 bits per heavy atom. The Labute approximate surface area is 114 Å². The molecule has 0 radical (unpaired) electrons. The Kier molecular flexibility index (Phi) is 4.42. The highest BCUT2D eigenvalue weighted by Gasteiger charge is 2.03. The predicted octanol–water partition coefficient (Wildman–Crippen LogP) is 2.53. The molecule has 3 N–H and O–H groups in total. The summed E-state index contributed by atoms with van der Waals surface area (Å²) in [7, 11) is 2.04. The van der Waals surface area contributed by atoms with E-state index in [0.717, 1.165) is 24.2 Å². The van der Waals surface area contributed by atoms with Crippen LogP contribution in [0.15, 0.2) is 48.5 Å².